The van der Waals surface area contributed by atoms with Gasteiger partial charge in [0.2, 0.25) is 0 Å². The second kappa shape index (κ2) is 2.97. The van der Waals surface area contributed by atoms with E-state index in [-0.39, 0.29) is 5.56 Å². The molecule has 1 aliphatic rings. The molecule has 0 saturated heterocycles. The summed E-state index contributed by atoms with van der Waals surface area (Å²) in [4.78, 5) is 0. The molecular formula is C10H7F4. The van der Waals surface area contributed by atoms with Gasteiger partial charge in [-0.15, -0.1) is 0 Å². The predicted octanol–water partition coefficient (Wildman–Crippen LogP) is 3.34. The Morgan fingerprint density at radius 2 is 1.86 bits per heavy atom. The van der Waals surface area contributed by atoms with Crippen LogP contribution >= 0.6 is 0 Å². The summed E-state index contributed by atoms with van der Waals surface area (Å²) in [5.74, 6) is -0.825. The highest BCUT2D eigenvalue weighted by atomic mass is 19.4. The lowest BCUT2D eigenvalue weighted by Gasteiger charge is -2.11. The van der Waals surface area contributed by atoms with Gasteiger partial charge in [0.1, 0.15) is 5.82 Å². The number of fused-ring (bicyclic) bond motifs is 1. The lowest BCUT2D eigenvalue weighted by Crippen LogP contribution is -2.09. The number of hydrogen-bond donors (Lipinski definition) is 0. The number of alkyl halides is 3. The SMILES string of the molecule is Fc1cc2c(c(C(F)(F)F)c1)CC[CH]2. The molecule has 0 saturated carbocycles. The van der Waals surface area contributed by atoms with Crippen molar-refractivity contribution in [2.75, 3.05) is 0 Å². The molecule has 0 amide bonds. The van der Waals surface area contributed by atoms with Crippen molar-refractivity contribution in [3.8, 4) is 0 Å². The highest BCUT2D eigenvalue weighted by Gasteiger charge is 2.35. The van der Waals surface area contributed by atoms with Gasteiger partial charge in [-0.05, 0) is 42.5 Å². The summed E-state index contributed by atoms with van der Waals surface area (Å²) < 4.78 is 50.2. The van der Waals surface area contributed by atoms with Crippen LogP contribution in [0.3, 0.4) is 0 Å². The van der Waals surface area contributed by atoms with Gasteiger partial charge in [0.25, 0.3) is 0 Å². The van der Waals surface area contributed by atoms with Crippen LogP contribution in [-0.4, -0.2) is 0 Å². The molecule has 14 heavy (non-hydrogen) atoms. The lowest BCUT2D eigenvalue weighted by atomic mass is 10.0. The van der Waals surface area contributed by atoms with E-state index in [1.54, 1.807) is 6.42 Å². The molecule has 0 unspecified atom stereocenters. The standard InChI is InChI=1S/C10H7F4/c11-7-4-6-2-1-3-8(6)9(5-7)10(12,13)14/h2,4-5H,1,3H2. The first-order chi connectivity index (χ1) is 6.48. The average molecular weight is 203 g/mol. The quantitative estimate of drug-likeness (QED) is 0.567. The monoisotopic (exact) mass is 203 g/mol. The van der Waals surface area contributed by atoms with E-state index >= 15 is 0 Å². The summed E-state index contributed by atoms with van der Waals surface area (Å²) in [6.45, 7) is 0. The largest absolute Gasteiger partial charge is 0.416 e. The summed E-state index contributed by atoms with van der Waals surface area (Å²) >= 11 is 0. The van der Waals surface area contributed by atoms with Gasteiger partial charge >= 0.3 is 6.18 Å². The van der Waals surface area contributed by atoms with Gasteiger partial charge in [-0.25, -0.2) is 4.39 Å². The van der Waals surface area contributed by atoms with Crippen LogP contribution in [0.4, 0.5) is 17.6 Å². The van der Waals surface area contributed by atoms with E-state index in [1.807, 2.05) is 0 Å². The molecule has 0 spiro atoms. The third kappa shape index (κ3) is 1.49. The van der Waals surface area contributed by atoms with Crippen molar-refractivity contribution in [3.05, 3.63) is 41.1 Å². The van der Waals surface area contributed by atoms with Crippen molar-refractivity contribution in [2.24, 2.45) is 0 Å². The minimum Gasteiger partial charge on any atom is -0.207 e. The van der Waals surface area contributed by atoms with Gasteiger partial charge in [0.05, 0.1) is 5.56 Å². The van der Waals surface area contributed by atoms with Gasteiger partial charge < -0.3 is 0 Å². The minimum absolute atomic E-state index is 0.221. The van der Waals surface area contributed by atoms with Crippen LogP contribution in [-0.2, 0) is 12.6 Å². The van der Waals surface area contributed by atoms with Crippen LogP contribution in [0.1, 0.15) is 23.1 Å². The first-order valence-electron chi connectivity index (χ1n) is 4.21. The summed E-state index contributed by atoms with van der Waals surface area (Å²) in [5, 5.41) is 0. The van der Waals surface area contributed by atoms with Crippen molar-refractivity contribution in [2.45, 2.75) is 19.0 Å². The normalized spacial score (nSPS) is 15.7. The molecule has 0 nitrogen and oxygen atoms in total. The first kappa shape index (κ1) is 9.49. The van der Waals surface area contributed by atoms with E-state index in [0.717, 1.165) is 6.07 Å². The molecule has 0 aromatic heterocycles. The van der Waals surface area contributed by atoms with Crippen molar-refractivity contribution in [3.63, 3.8) is 0 Å². The van der Waals surface area contributed by atoms with Crippen molar-refractivity contribution in [1.29, 1.82) is 0 Å². The summed E-state index contributed by atoms with van der Waals surface area (Å²) in [6, 6.07) is 1.72. The maximum atomic E-state index is 12.8. The first-order valence-corrected chi connectivity index (χ1v) is 4.21. The molecular weight excluding hydrogens is 196 g/mol. The van der Waals surface area contributed by atoms with Crippen LogP contribution in [0.5, 0.6) is 0 Å². The van der Waals surface area contributed by atoms with Gasteiger partial charge in [0.15, 0.2) is 0 Å². The molecule has 0 atom stereocenters. The van der Waals surface area contributed by atoms with E-state index < -0.39 is 17.6 Å². The molecule has 0 N–H and O–H groups in total. The van der Waals surface area contributed by atoms with Gasteiger partial charge in [-0.3, -0.25) is 0 Å². The van der Waals surface area contributed by atoms with Crippen molar-refractivity contribution >= 4 is 0 Å². The molecule has 1 aromatic rings. The van der Waals surface area contributed by atoms with Crippen LogP contribution < -0.4 is 0 Å². The van der Waals surface area contributed by atoms with Gasteiger partial charge in [-0.1, -0.05) is 0 Å². The molecule has 0 heterocycles. The zero-order valence-electron chi connectivity index (χ0n) is 7.16. The third-order valence-electron chi connectivity index (χ3n) is 2.31. The molecule has 1 aromatic carbocycles. The summed E-state index contributed by atoms with van der Waals surface area (Å²) in [5.41, 5.74) is -0.225. The van der Waals surface area contributed by atoms with E-state index in [2.05, 4.69) is 0 Å². The molecule has 0 fully saturated rings. The zero-order valence-corrected chi connectivity index (χ0v) is 7.16. The Balaban J connectivity index is 2.60. The van der Waals surface area contributed by atoms with E-state index in [0.29, 0.717) is 24.5 Å². The third-order valence-corrected chi connectivity index (χ3v) is 2.31. The predicted molar refractivity (Wildman–Crippen MR) is 43.1 cm³/mol. The van der Waals surface area contributed by atoms with Crippen LogP contribution in [0.25, 0.3) is 0 Å². The Morgan fingerprint density at radius 3 is 2.50 bits per heavy atom. The number of halogens is 4. The Hall–Kier alpha value is -1.06. The molecule has 2 rings (SSSR count). The number of benzene rings is 1. The van der Waals surface area contributed by atoms with Crippen LogP contribution in [0, 0.1) is 12.2 Å². The maximum Gasteiger partial charge on any atom is 0.416 e. The second-order valence-electron chi connectivity index (χ2n) is 3.26. The van der Waals surface area contributed by atoms with Gasteiger partial charge in [-0.2, -0.15) is 13.2 Å². The molecule has 1 aliphatic carbocycles. The molecule has 0 aliphatic heterocycles. The average Bonchev–Trinajstić information content (AvgIpc) is 2.47. The number of rotatable bonds is 0. The molecule has 1 radical (unpaired) electrons. The fourth-order valence-electron chi connectivity index (χ4n) is 1.74. The Bertz CT molecular complexity index is 365. The fraction of sp³-hybridized carbons (Fsp3) is 0.300. The van der Waals surface area contributed by atoms with Gasteiger partial charge in [0, 0.05) is 0 Å². The highest BCUT2D eigenvalue weighted by molar-refractivity contribution is 5.45. The second-order valence-corrected chi connectivity index (χ2v) is 3.26. The maximum absolute atomic E-state index is 12.8. The summed E-state index contributed by atoms with van der Waals surface area (Å²) in [6.07, 6.45) is -1.91. The minimum atomic E-state index is -4.45. The van der Waals surface area contributed by atoms with Crippen LogP contribution in [0.15, 0.2) is 12.1 Å². The van der Waals surface area contributed by atoms with Crippen molar-refractivity contribution < 1.29 is 17.6 Å². The summed E-state index contributed by atoms with van der Waals surface area (Å²) in [7, 11) is 0. The number of hydrogen-bond acceptors (Lipinski definition) is 0. The van der Waals surface area contributed by atoms with Crippen LogP contribution in [0.2, 0.25) is 0 Å². The Morgan fingerprint density at radius 1 is 1.14 bits per heavy atom. The molecule has 4 heteroatoms. The van der Waals surface area contributed by atoms with E-state index in [4.69, 9.17) is 0 Å². The van der Waals surface area contributed by atoms with Crippen molar-refractivity contribution in [1.82, 2.24) is 0 Å². The smallest absolute Gasteiger partial charge is 0.207 e. The Labute approximate surface area is 78.5 Å². The fourth-order valence-corrected chi connectivity index (χ4v) is 1.74. The van der Waals surface area contributed by atoms with E-state index in [1.165, 1.54) is 0 Å². The molecule has 0 bridgehead atoms. The lowest BCUT2D eigenvalue weighted by molar-refractivity contribution is -0.138. The van der Waals surface area contributed by atoms with E-state index in [9.17, 15) is 17.6 Å². The highest BCUT2D eigenvalue weighted by Crippen LogP contribution is 2.38. The topological polar surface area (TPSA) is 0 Å². The Kier molecular flexibility index (Phi) is 2.01. The molecule has 75 valence electrons. The zero-order chi connectivity index (χ0) is 10.3.